The van der Waals surface area contributed by atoms with E-state index < -0.39 is 5.97 Å². The predicted molar refractivity (Wildman–Crippen MR) is 81.3 cm³/mol. The average Bonchev–Trinajstić information content (AvgIpc) is 3.01. The molecule has 0 spiro atoms. The van der Waals surface area contributed by atoms with Crippen molar-refractivity contribution in [1.29, 1.82) is 0 Å². The highest BCUT2D eigenvalue weighted by Gasteiger charge is 2.24. The third-order valence-corrected chi connectivity index (χ3v) is 3.49. The zero-order chi connectivity index (χ0) is 15.9. The number of urea groups is 1. The number of likely N-dealkylation sites (tertiary alicyclic amines) is 1. The van der Waals surface area contributed by atoms with Gasteiger partial charge in [0.05, 0.1) is 14.2 Å². The molecule has 1 aromatic carbocycles. The summed E-state index contributed by atoms with van der Waals surface area (Å²) < 4.78 is 9.70. The summed E-state index contributed by atoms with van der Waals surface area (Å²) in [6.07, 6.45) is 2.92. The van der Waals surface area contributed by atoms with E-state index in [2.05, 4.69) is 10.1 Å². The molecule has 0 unspecified atom stereocenters. The van der Waals surface area contributed by atoms with E-state index in [1.807, 2.05) is 24.3 Å². The van der Waals surface area contributed by atoms with Crippen molar-refractivity contribution in [3.05, 3.63) is 41.6 Å². The van der Waals surface area contributed by atoms with Gasteiger partial charge in [0, 0.05) is 24.9 Å². The molecule has 1 aliphatic rings. The molecular weight excluding hydrogens is 284 g/mol. The second-order valence-corrected chi connectivity index (χ2v) is 4.92. The number of rotatable bonds is 4. The van der Waals surface area contributed by atoms with Crippen molar-refractivity contribution in [1.82, 2.24) is 10.2 Å². The molecule has 0 atom stereocenters. The molecule has 2 rings (SSSR count). The van der Waals surface area contributed by atoms with E-state index in [1.54, 1.807) is 12.0 Å². The molecule has 1 N–H and O–H groups in total. The fraction of sp³-hybridized carbons (Fsp3) is 0.375. The van der Waals surface area contributed by atoms with Gasteiger partial charge in [-0.1, -0.05) is 12.1 Å². The molecule has 1 saturated heterocycles. The standard InChI is InChI=1S/C16H20N2O4/c1-21-14-7-5-12(6-8-14)11-17-16(20)18-9-3-4-13(18)10-15(19)22-2/h5-8,10H,3-4,9,11H2,1-2H3,(H,17,20). The van der Waals surface area contributed by atoms with Gasteiger partial charge in [-0.3, -0.25) is 4.90 Å². The van der Waals surface area contributed by atoms with Crippen LogP contribution in [0.3, 0.4) is 0 Å². The lowest BCUT2D eigenvalue weighted by molar-refractivity contribution is -0.134. The summed E-state index contributed by atoms with van der Waals surface area (Å²) in [6, 6.07) is 7.28. The van der Waals surface area contributed by atoms with Crippen LogP contribution in [-0.2, 0) is 16.1 Å². The van der Waals surface area contributed by atoms with Crippen LogP contribution in [0.4, 0.5) is 4.79 Å². The van der Waals surface area contributed by atoms with Crippen LogP contribution in [0.5, 0.6) is 5.75 Å². The number of esters is 1. The van der Waals surface area contributed by atoms with Crippen molar-refractivity contribution in [2.24, 2.45) is 0 Å². The highest BCUT2D eigenvalue weighted by atomic mass is 16.5. The van der Waals surface area contributed by atoms with Gasteiger partial charge >= 0.3 is 12.0 Å². The first-order valence-corrected chi connectivity index (χ1v) is 7.11. The SMILES string of the molecule is COC(=O)C=C1CCCN1C(=O)NCc1ccc(OC)cc1. The van der Waals surface area contributed by atoms with Crippen LogP contribution in [0.25, 0.3) is 0 Å². The zero-order valence-electron chi connectivity index (χ0n) is 12.8. The normalized spacial score (nSPS) is 15.7. The first-order chi connectivity index (χ1) is 10.6. The van der Waals surface area contributed by atoms with E-state index in [9.17, 15) is 9.59 Å². The monoisotopic (exact) mass is 304 g/mol. The molecule has 0 radical (unpaired) electrons. The van der Waals surface area contributed by atoms with E-state index in [-0.39, 0.29) is 6.03 Å². The van der Waals surface area contributed by atoms with E-state index in [4.69, 9.17) is 4.74 Å². The van der Waals surface area contributed by atoms with Gasteiger partial charge in [0.15, 0.2) is 0 Å². The molecule has 6 nitrogen and oxygen atoms in total. The van der Waals surface area contributed by atoms with E-state index in [0.29, 0.717) is 25.2 Å². The Labute approximate surface area is 129 Å². The predicted octanol–water partition coefficient (Wildman–Crippen LogP) is 2.06. The molecule has 0 aliphatic carbocycles. The Morgan fingerprint density at radius 3 is 2.64 bits per heavy atom. The number of hydrogen-bond donors (Lipinski definition) is 1. The van der Waals surface area contributed by atoms with Crippen molar-refractivity contribution < 1.29 is 19.1 Å². The minimum absolute atomic E-state index is 0.205. The van der Waals surface area contributed by atoms with E-state index in [0.717, 1.165) is 17.7 Å². The molecule has 0 aromatic heterocycles. The van der Waals surface area contributed by atoms with Crippen molar-refractivity contribution in [3.63, 3.8) is 0 Å². The van der Waals surface area contributed by atoms with Gasteiger partial charge in [0.25, 0.3) is 0 Å². The maximum absolute atomic E-state index is 12.2. The van der Waals surface area contributed by atoms with Crippen molar-refractivity contribution in [2.75, 3.05) is 20.8 Å². The van der Waals surface area contributed by atoms with Gasteiger partial charge in [-0.25, -0.2) is 9.59 Å². The maximum atomic E-state index is 12.2. The van der Waals surface area contributed by atoms with Gasteiger partial charge in [0.1, 0.15) is 5.75 Å². The summed E-state index contributed by atoms with van der Waals surface area (Å²) in [5.74, 6) is 0.336. The first-order valence-electron chi connectivity index (χ1n) is 7.11. The molecular formula is C16H20N2O4. The molecule has 6 heteroatoms. The molecule has 2 amide bonds. The zero-order valence-corrected chi connectivity index (χ0v) is 12.8. The summed E-state index contributed by atoms with van der Waals surface area (Å²) in [7, 11) is 2.93. The number of nitrogens with one attached hydrogen (secondary N) is 1. The van der Waals surface area contributed by atoms with Crippen LogP contribution in [-0.4, -0.2) is 37.7 Å². The van der Waals surface area contributed by atoms with Gasteiger partial charge in [-0.05, 0) is 30.5 Å². The molecule has 1 aliphatic heterocycles. The third kappa shape index (κ3) is 4.00. The lowest BCUT2D eigenvalue weighted by Crippen LogP contribution is -2.36. The van der Waals surface area contributed by atoms with Crippen LogP contribution in [0.15, 0.2) is 36.0 Å². The molecule has 0 saturated carbocycles. The summed E-state index contributed by atoms with van der Waals surface area (Å²) in [5.41, 5.74) is 1.67. The molecule has 118 valence electrons. The number of allylic oxidation sites excluding steroid dienone is 1. The van der Waals surface area contributed by atoms with Crippen LogP contribution in [0, 0.1) is 0 Å². The quantitative estimate of drug-likeness (QED) is 0.683. The van der Waals surface area contributed by atoms with Crippen LogP contribution < -0.4 is 10.1 Å². The maximum Gasteiger partial charge on any atom is 0.332 e. The number of benzene rings is 1. The number of methoxy groups -OCH3 is 2. The minimum atomic E-state index is -0.440. The van der Waals surface area contributed by atoms with E-state index >= 15 is 0 Å². The number of hydrogen-bond acceptors (Lipinski definition) is 4. The summed E-state index contributed by atoms with van der Waals surface area (Å²) in [6.45, 7) is 1.03. The largest absolute Gasteiger partial charge is 0.497 e. The lowest BCUT2D eigenvalue weighted by atomic mass is 10.2. The Balaban J connectivity index is 1.93. The van der Waals surface area contributed by atoms with Crippen LogP contribution in [0.1, 0.15) is 18.4 Å². The van der Waals surface area contributed by atoms with Crippen LogP contribution in [0.2, 0.25) is 0 Å². The Morgan fingerprint density at radius 1 is 1.27 bits per heavy atom. The Hall–Kier alpha value is -2.50. The first kappa shape index (κ1) is 15.9. The third-order valence-electron chi connectivity index (χ3n) is 3.49. The number of carbonyl (C=O) groups is 2. The summed E-state index contributed by atoms with van der Waals surface area (Å²) >= 11 is 0. The van der Waals surface area contributed by atoms with Gasteiger partial charge in [-0.2, -0.15) is 0 Å². The number of nitrogens with zero attached hydrogens (tertiary/aromatic N) is 1. The Bertz CT molecular complexity index is 566. The highest BCUT2D eigenvalue weighted by molar-refractivity contribution is 5.85. The molecule has 1 fully saturated rings. The van der Waals surface area contributed by atoms with Crippen molar-refractivity contribution in [2.45, 2.75) is 19.4 Å². The Kier molecular flexibility index (Phi) is 5.41. The van der Waals surface area contributed by atoms with Crippen LogP contribution >= 0.6 is 0 Å². The minimum Gasteiger partial charge on any atom is -0.497 e. The molecule has 1 heterocycles. The summed E-state index contributed by atoms with van der Waals surface area (Å²) in [5, 5.41) is 2.85. The molecule has 22 heavy (non-hydrogen) atoms. The average molecular weight is 304 g/mol. The van der Waals surface area contributed by atoms with Gasteiger partial charge in [0.2, 0.25) is 0 Å². The highest BCUT2D eigenvalue weighted by Crippen LogP contribution is 2.21. The number of amides is 2. The second-order valence-electron chi connectivity index (χ2n) is 4.92. The van der Waals surface area contributed by atoms with Gasteiger partial charge in [-0.15, -0.1) is 0 Å². The smallest absolute Gasteiger partial charge is 0.332 e. The molecule has 1 aromatic rings. The van der Waals surface area contributed by atoms with E-state index in [1.165, 1.54) is 13.2 Å². The molecule has 0 bridgehead atoms. The lowest BCUT2D eigenvalue weighted by Gasteiger charge is -2.18. The number of ether oxygens (including phenoxy) is 2. The fourth-order valence-electron chi connectivity index (χ4n) is 2.29. The van der Waals surface area contributed by atoms with Crippen molar-refractivity contribution in [3.8, 4) is 5.75 Å². The topological polar surface area (TPSA) is 67.9 Å². The summed E-state index contributed by atoms with van der Waals surface area (Å²) in [4.78, 5) is 25.1. The fourth-order valence-corrected chi connectivity index (χ4v) is 2.29. The Morgan fingerprint density at radius 2 is 2.00 bits per heavy atom. The second kappa shape index (κ2) is 7.49. The van der Waals surface area contributed by atoms with Gasteiger partial charge < -0.3 is 14.8 Å². The van der Waals surface area contributed by atoms with Crippen molar-refractivity contribution >= 4 is 12.0 Å². The number of carbonyl (C=O) groups excluding carboxylic acids is 2.